The maximum Gasteiger partial charge on any atom is 0.289 e. The number of nitrogens with zero attached hydrogens (tertiary/aromatic N) is 1. The van der Waals surface area contributed by atoms with Crippen LogP contribution in [0.15, 0.2) is 45.7 Å². The SMILES string of the molecule is CCN(CC)C(=O)c1ccc(CS(=O)(=O)c2ccccc2OC)o1. The molecule has 130 valence electrons. The van der Waals surface area contributed by atoms with E-state index < -0.39 is 9.84 Å². The molecule has 0 radical (unpaired) electrons. The van der Waals surface area contributed by atoms with Gasteiger partial charge in [0.1, 0.15) is 22.2 Å². The van der Waals surface area contributed by atoms with Crippen molar-refractivity contribution in [3.05, 3.63) is 47.9 Å². The summed E-state index contributed by atoms with van der Waals surface area (Å²) in [5, 5.41) is 0. The summed E-state index contributed by atoms with van der Waals surface area (Å²) < 4.78 is 35.7. The van der Waals surface area contributed by atoms with Crippen molar-refractivity contribution < 1.29 is 22.4 Å². The van der Waals surface area contributed by atoms with Crippen molar-refractivity contribution in [3.63, 3.8) is 0 Å². The Hall–Kier alpha value is -2.28. The van der Waals surface area contributed by atoms with Crippen molar-refractivity contribution in [1.29, 1.82) is 0 Å². The van der Waals surface area contributed by atoms with Crippen LogP contribution >= 0.6 is 0 Å². The number of carbonyl (C=O) groups is 1. The molecule has 1 aromatic heterocycles. The molecule has 0 atom stereocenters. The average Bonchev–Trinajstić information content (AvgIpc) is 3.03. The highest BCUT2D eigenvalue weighted by Crippen LogP contribution is 2.26. The summed E-state index contributed by atoms with van der Waals surface area (Å²) in [4.78, 5) is 13.9. The van der Waals surface area contributed by atoms with Crippen molar-refractivity contribution in [2.24, 2.45) is 0 Å². The zero-order valence-electron chi connectivity index (χ0n) is 14.0. The number of methoxy groups -OCH3 is 1. The van der Waals surface area contributed by atoms with Crippen LogP contribution in [0.5, 0.6) is 5.75 Å². The summed E-state index contributed by atoms with van der Waals surface area (Å²) in [6.45, 7) is 4.87. The molecule has 0 saturated carbocycles. The van der Waals surface area contributed by atoms with Gasteiger partial charge in [-0.3, -0.25) is 4.79 Å². The Labute approximate surface area is 141 Å². The van der Waals surface area contributed by atoms with Crippen LogP contribution in [0.2, 0.25) is 0 Å². The van der Waals surface area contributed by atoms with E-state index in [1.54, 1.807) is 23.1 Å². The topological polar surface area (TPSA) is 76.8 Å². The molecule has 7 heteroatoms. The van der Waals surface area contributed by atoms with Crippen LogP contribution in [0.25, 0.3) is 0 Å². The lowest BCUT2D eigenvalue weighted by Crippen LogP contribution is -2.30. The van der Waals surface area contributed by atoms with Gasteiger partial charge in [0.25, 0.3) is 5.91 Å². The summed E-state index contributed by atoms with van der Waals surface area (Å²) in [6.07, 6.45) is 0. The van der Waals surface area contributed by atoms with Gasteiger partial charge in [-0.1, -0.05) is 12.1 Å². The van der Waals surface area contributed by atoms with Crippen LogP contribution in [0.4, 0.5) is 0 Å². The number of amides is 1. The lowest BCUT2D eigenvalue weighted by atomic mass is 10.3. The number of hydrogen-bond acceptors (Lipinski definition) is 5. The number of sulfone groups is 1. The highest BCUT2D eigenvalue weighted by Gasteiger charge is 2.23. The zero-order chi connectivity index (χ0) is 17.7. The fraction of sp³-hybridized carbons (Fsp3) is 0.353. The van der Waals surface area contributed by atoms with E-state index in [-0.39, 0.29) is 33.8 Å². The third-order valence-electron chi connectivity index (χ3n) is 3.66. The number of carbonyl (C=O) groups excluding carboxylic acids is 1. The predicted molar refractivity (Wildman–Crippen MR) is 89.8 cm³/mol. The van der Waals surface area contributed by atoms with E-state index in [0.29, 0.717) is 13.1 Å². The molecule has 2 rings (SSSR count). The minimum absolute atomic E-state index is 0.0977. The Kier molecular flexibility index (Phi) is 5.66. The number of rotatable bonds is 7. The van der Waals surface area contributed by atoms with Crippen LogP contribution in [-0.2, 0) is 15.6 Å². The van der Waals surface area contributed by atoms with Gasteiger partial charge in [0.2, 0.25) is 0 Å². The molecule has 1 amide bonds. The molecule has 0 N–H and O–H groups in total. The van der Waals surface area contributed by atoms with Crippen LogP contribution in [0.1, 0.15) is 30.2 Å². The van der Waals surface area contributed by atoms with Crippen LogP contribution < -0.4 is 4.74 Å². The highest BCUT2D eigenvalue weighted by atomic mass is 32.2. The molecule has 0 aliphatic heterocycles. The second-order valence-electron chi connectivity index (χ2n) is 5.15. The summed E-state index contributed by atoms with van der Waals surface area (Å²) in [6, 6.07) is 9.43. The van der Waals surface area contributed by atoms with Gasteiger partial charge in [0.05, 0.1) is 7.11 Å². The normalized spacial score (nSPS) is 11.3. The molecule has 0 spiro atoms. The number of ether oxygens (including phenoxy) is 1. The molecule has 1 aromatic carbocycles. The largest absolute Gasteiger partial charge is 0.495 e. The number of furan rings is 1. The Morgan fingerprint density at radius 2 is 1.79 bits per heavy atom. The molecule has 0 saturated heterocycles. The standard InChI is InChI=1S/C17H21NO5S/c1-4-18(5-2)17(19)15-11-10-13(23-15)12-24(20,21)16-9-7-6-8-14(16)22-3/h6-11H,4-5,12H2,1-3H3. The van der Waals surface area contributed by atoms with Gasteiger partial charge in [0, 0.05) is 13.1 Å². The molecule has 0 bridgehead atoms. The molecule has 0 fully saturated rings. The van der Waals surface area contributed by atoms with E-state index >= 15 is 0 Å². The average molecular weight is 351 g/mol. The van der Waals surface area contributed by atoms with Crippen molar-refractivity contribution in [3.8, 4) is 5.75 Å². The van der Waals surface area contributed by atoms with E-state index in [4.69, 9.17) is 9.15 Å². The van der Waals surface area contributed by atoms with Crippen molar-refractivity contribution in [2.45, 2.75) is 24.5 Å². The summed E-state index contributed by atoms with van der Waals surface area (Å²) in [5.41, 5.74) is 0. The Balaban J connectivity index is 2.24. The molecular formula is C17H21NO5S. The van der Waals surface area contributed by atoms with Gasteiger partial charge in [-0.2, -0.15) is 0 Å². The third-order valence-corrected chi connectivity index (χ3v) is 5.33. The first-order valence-electron chi connectivity index (χ1n) is 7.66. The van der Waals surface area contributed by atoms with Crippen LogP contribution in [-0.4, -0.2) is 39.4 Å². The fourth-order valence-corrected chi connectivity index (χ4v) is 3.81. The predicted octanol–water partition coefficient (Wildman–Crippen LogP) is 2.74. The summed E-state index contributed by atoms with van der Waals surface area (Å²) in [5.74, 6) is 0.0589. The smallest absolute Gasteiger partial charge is 0.289 e. The van der Waals surface area contributed by atoms with E-state index in [9.17, 15) is 13.2 Å². The Bertz CT molecular complexity index is 806. The second-order valence-corrected chi connectivity index (χ2v) is 7.11. The number of benzene rings is 1. The highest BCUT2D eigenvalue weighted by molar-refractivity contribution is 7.90. The Morgan fingerprint density at radius 3 is 2.42 bits per heavy atom. The Morgan fingerprint density at radius 1 is 1.12 bits per heavy atom. The van der Waals surface area contributed by atoms with Gasteiger partial charge in [0.15, 0.2) is 15.6 Å². The second kappa shape index (κ2) is 7.53. The fourth-order valence-electron chi connectivity index (χ4n) is 2.38. The minimum atomic E-state index is -3.64. The summed E-state index contributed by atoms with van der Waals surface area (Å²) in [7, 11) is -2.22. The molecule has 0 aliphatic carbocycles. The molecule has 0 unspecified atom stereocenters. The van der Waals surface area contributed by atoms with E-state index in [0.717, 1.165) is 0 Å². The lowest BCUT2D eigenvalue weighted by Gasteiger charge is -2.16. The maximum absolute atomic E-state index is 12.6. The van der Waals surface area contributed by atoms with Gasteiger partial charge < -0.3 is 14.1 Å². The van der Waals surface area contributed by atoms with Crippen molar-refractivity contribution in [1.82, 2.24) is 4.90 Å². The van der Waals surface area contributed by atoms with Gasteiger partial charge in [-0.25, -0.2) is 8.42 Å². The van der Waals surface area contributed by atoms with Gasteiger partial charge in [-0.15, -0.1) is 0 Å². The minimum Gasteiger partial charge on any atom is -0.495 e. The number of para-hydroxylation sites is 1. The molecule has 2 aromatic rings. The molecule has 24 heavy (non-hydrogen) atoms. The quantitative estimate of drug-likeness (QED) is 0.766. The summed E-state index contributed by atoms with van der Waals surface area (Å²) >= 11 is 0. The van der Waals surface area contributed by atoms with Crippen molar-refractivity contribution >= 4 is 15.7 Å². The monoisotopic (exact) mass is 351 g/mol. The number of hydrogen-bond donors (Lipinski definition) is 0. The van der Waals surface area contributed by atoms with Crippen LogP contribution in [0, 0.1) is 0 Å². The first kappa shape index (κ1) is 18.1. The third kappa shape index (κ3) is 3.79. The van der Waals surface area contributed by atoms with Crippen molar-refractivity contribution in [2.75, 3.05) is 20.2 Å². The molecule has 6 nitrogen and oxygen atoms in total. The molecule has 0 aliphatic rings. The first-order valence-corrected chi connectivity index (χ1v) is 9.32. The van der Waals surface area contributed by atoms with E-state index in [1.807, 2.05) is 13.8 Å². The molecular weight excluding hydrogens is 330 g/mol. The van der Waals surface area contributed by atoms with Gasteiger partial charge >= 0.3 is 0 Å². The van der Waals surface area contributed by atoms with Gasteiger partial charge in [-0.05, 0) is 38.1 Å². The maximum atomic E-state index is 12.6. The first-order chi connectivity index (χ1) is 11.4. The lowest BCUT2D eigenvalue weighted by molar-refractivity contribution is 0.0739. The van der Waals surface area contributed by atoms with E-state index in [1.165, 1.54) is 25.3 Å². The van der Waals surface area contributed by atoms with E-state index in [2.05, 4.69) is 0 Å². The molecule has 1 heterocycles. The zero-order valence-corrected chi connectivity index (χ0v) is 14.8. The van der Waals surface area contributed by atoms with Crippen LogP contribution in [0.3, 0.4) is 0 Å².